The number of carbonyl (C=O) groups is 2. The summed E-state index contributed by atoms with van der Waals surface area (Å²) < 4.78 is 14.1. The Hall–Kier alpha value is -3.47. The summed E-state index contributed by atoms with van der Waals surface area (Å²) in [7, 11) is 0. The van der Waals surface area contributed by atoms with Crippen molar-refractivity contribution in [2.75, 3.05) is 26.2 Å². The van der Waals surface area contributed by atoms with Crippen LogP contribution >= 0.6 is 0 Å². The first-order chi connectivity index (χ1) is 15.6. The fourth-order valence-corrected chi connectivity index (χ4v) is 4.28. The van der Waals surface area contributed by atoms with Gasteiger partial charge in [0.2, 0.25) is 5.91 Å². The standard InChI is InChI=1S/C27H27FN2O2/c28-25-15-8-7-14-23(25)27(32)30-17-9-16-29(18-19-30)26(31)20-24(21-10-3-1-4-11-21)22-12-5-2-6-13-22/h1-8,10-15,24H,9,16-20H2. The number of halogens is 1. The van der Waals surface area contributed by atoms with Crippen molar-refractivity contribution in [2.24, 2.45) is 0 Å². The minimum atomic E-state index is -0.511. The third-order valence-corrected chi connectivity index (χ3v) is 6.02. The molecule has 164 valence electrons. The maximum atomic E-state index is 14.1. The van der Waals surface area contributed by atoms with Crippen LogP contribution in [0.4, 0.5) is 4.39 Å². The van der Waals surface area contributed by atoms with Gasteiger partial charge in [0.25, 0.3) is 5.91 Å². The van der Waals surface area contributed by atoms with E-state index in [0.717, 1.165) is 11.1 Å². The van der Waals surface area contributed by atoms with Gasteiger partial charge in [0, 0.05) is 38.5 Å². The molecule has 0 aromatic heterocycles. The molecule has 1 aliphatic heterocycles. The summed E-state index contributed by atoms with van der Waals surface area (Å²) in [4.78, 5) is 29.5. The Morgan fingerprint density at radius 2 is 1.25 bits per heavy atom. The van der Waals surface area contributed by atoms with Crippen molar-refractivity contribution in [1.29, 1.82) is 0 Å². The van der Waals surface area contributed by atoms with E-state index in [1.165, 1.54) is 12.1 Å². The average molecular weight is 431 g/mol. The van der Waals surface area contributed by atoms with Gasteiger partial charge in [0.15, 0.2) is 0 Å². The highest BCUT2D eigenvalue weighted by molar-refractivity contribution is 5.94. The maximum Gasteiger partial charge on any atom is 0.256 e. The molecule has 1 fully saturated rings. The minimum absolute atomic E-state index is 0.0238. The van der Waals surface area contributed by atoms with Crippen LogP contribution in [0.2, 0.25) is 0 Å². The lowest BCUT2D eigenvalue weighted by Gasteiger charge is -2.25. The van der Waals surface area contributed by atoms with Crippen molar-refractivity contribution in [3.8, 4) is 0 Å². The number of rotatable bonds is 5. The first-order valence-corrected chi connectivity index (χ1v) is 11.0. The van der Waals surface area contributed by atoms with Crippen molar-refractivity contribution >= 4 is 11.8 Å². The molecule has 0 radical (unpaired) electrons. The number of amides is 2. The van der Waals surface area contributed by atoms with Gasteiger partial charge in [-0.3, -0.25) is 9.59 Å². The van der Waals surface area contributed by atoms with Crippen molar-refractivity contribution < 1.29 is 14.0 Å². The Labute approximate surface area is 188 Å². The molecule has 0 saturated carbocycles. The quantitative estimate of drug-likeness (QED) is 0.588. The lowest BCUT2D eigenvalue weighted by atomic mass is 9.88. The zero-order chi connectivity index (χ0) is 22.3. The maximum absolute atomic E-state index is 14.1. The minimum Gasteiger partial charge on any atom is -0.341 e. The molecule has 1 aliphatic rings. The monoisotopic (exact) mass is 430 g/mol. The van der Waals surface area contributed by atoms with Crippen LogP contribution in [0.5, 0.6) is 0 Å². The number of nitrogens with zero attached hydrogens (tertiary/aromatic N) is 2. The first-order valence-electron chi connectivity index (χ1n) is 11.0. The molecular weight excluding hydrogens is 403 g/mol. The molecule has 3 aromatic rings. The topological polar surface area (TPSA) is 40.6 Å². The second kappa shape index (κ2) is 10.2. The van der Waals surface area contributed by atoms with Crippen LogP contribution in [-0.4, -0.2) is 47.8 Å². The molecule has 0 atom stereocenters. The predicted molar refractivity (Wildman–Crippen MR) is 123 cm³/mol. The largest absolute Gasteiger partial charge is 0.341 e. The number of hydrogen-bond acceptors (Lipinski definition) is 2. The summed E-state index contributed by atoms with van der Waals surface area (Å²) >= 11 is 0. The van der Waals surface area contributed by atoms with Crippen LogP contribution in [0.3, 0.4) is 0 Å². The van der Waals surface area contributed by atoms with Gasteiger partial charge >= 0.3 is 0 Å². The van der Waals surface area contributed by atoms with Crippen LogP contribution in [0.25, 0.3) is 0 Å². The number of carbonyl (C=O) groups excluding carboxylic acids is 2. The summed E-state index contributed by atoms with van der Waals surface area (Å²) in [6, 6.07) is 26.2. The summed E-state index contributed by atoms with van der Waals surface area (Å²) in [5, 5.41) is 0. The molecule has 4 nitrogen and oxygen atoms in total. The molecule has 32 heavy (non-hydrogen) atoms. The Morgan fingerprint density at radius 1 is 0.719 bits per heavy atom. The van der Waals surface area contributed by atoms with E-state index in [0.29, 0.717) is 39.0 Å². The Bertz CT molecular complexity index is 1020. The first kappa shape index (κ1) is 21.8. The van der Waals surface area contributed by atoms with E-state index < -0.39 is 5.82 Å². The molecule has 0 bridgehead atoms. The molecule has 1 heterocycles. The smallest absolute Gasteiger partial charge is 0.256 e. The van der Waals surface area contributed by atoms with E-state index in [2.05, 4.69) is 24.3 Å². The van der Waals surface area contributed by atoms with Crippen LogP contribution in [0.15, 0.2) is 84.9 Å². The van der Waals surface area contributed by atoms with Gasteiger partial charge in [-0.1, -0.05) is 72.8 Å². The van der Waals surface area contributed by atoms with Crippen LogP contribution in [0.1, 0.15) is 40.2 Å². The molecular formula is C27H27FN2O2. The van der Waals surface area contributed by atoms with E-state index in [9.17, 15) is 14.0 Å². The number of benzene rings is 3. The van der Waals surface area contributed by atoms with Gasteiger partial charge in [-0.2, -0.15) is 0 Å². The summed E-state index contributed by atoms with van der Waals surface area (Å²) in [5.74, 6) is -0.778. The van der Waals surface area contributed by atoms with Crippen molar-refractivity contribution in [2.45, 2.75) is 18.8 Å². The molecule has 3 aromatic carbocycles. The zero-order valence-corrected chi connectivity index (χ0v) is 18.0. The third-order valence-electron chi connectivity index (χ3n) is 6.02. The van der Waals surface area contributed by atoms with Gasteiger partial charge in [0.05, 0.1) is 5.56 Å². The Balaban J connectivity index is 1.45. The second-order valence-electron chi connectivity index (χ2n) is 8.08. The van der Waals surface area contributed by atoms with Crippen LogP contribution in [-0.2, 0) is 4.79 Å². The lowest BCUT2D eigenvalue weighted by molar-refractivity contribution is -0.131. The summed E-state index contributed by atoms with van der Waals surface area (Å²) in [5.41, 5.74) is 2.30. The van der Waals surface area contributed by atoms with Crippen molar-refractivity contribution in [3.05, 3.63) is 107 Å². The zero-order valence-electron chi connectivity index (χ0n) is 18.0. The fourth-order valence-electron chi connectivity index (χ4n) is 4.28. The van der Waals surface area contributed by atoms with E-state index in [1.807, 2.05) is 41.3 Å². The summed E-state index contributed by atoms with van der Waals surface area (Å²) in [6.07, 6.45) is 1.04. The second-order valence-corrected chi connectivity index (χ2v) is 8.08. The molecule has 4 rings (SSSR count). The summed E-state index contributed by atoms with van der Waals surface area (Å²) in [6.45, 7) is 1.96. The van der Waals surface area contributed by atoms with Gasteiger partial charge in [-0.25, -0.2) is 4.39 Å². The predicted octanol–water partition coefficient (Wildman–Crippen LogP) is 4.72. The molecule has 0 unspecified atom stereocenters. The molecule has 2 amide bonds. The van der Waals surface area contributed by atoms with Crippen molar-refractivity contribution in [1.82, 2.24) is 9.80 Å². The molecule has 1 saturated heterocycles. The van der Waals surface area contributed by atoms with E-state index >= 15 is 0 Å². The van der Waals surface area contributed by atoms with Gasteiger partial charge in [-0.05, 0) is 29.7 Å². The molecule has 0 N–H and O–H groups in total. The average Bonchev–Trinajstić information content (AvgIpc) is 3.10. The van der Waals surface area contributed by atoms with Gasteiger partial charge < -0.3 is 9.80 Å². The van der Waals surface area contributed by atoms with Gasteiger partial charge in [-0.15, -0.1) is 0 Å². The Kier molecular flexibility index (Phi) is 6.95. The van der Waals surface area contributed by atoms with Crippen LogP contribution in [0, 0.1) is 5.82 Å². The molecule has 0 aliphatic carbocycles. The molecule has 5 heteroatoms. The van der Waals surface area contributed by atoms with E-state index in [4.69, 9.17) is 0 Å². The normalized spacial score (nSPS) is 14.3. The van der Waals surface area contributed by atoms with Crippen molar-refractivity contribution in [3.63, 3.8) is 0 Å². The number of hydrogen-bond donors (Lipinski definition) is 0. The Morgan fingerprint density at radius 3 is 1.88 bits per heavy atom. The van der Waals surface area contributed by atoms with E-state index in [1.54, 1.807) is 17.0 Å². The fraction of sp³-hybridized carbons (Fsp3) is 0.259. The highest BCUT2D eigenvalue weighted by Crippen LogP contribution is 2.29. The van der Waals surface area contributed by atoms with Gasteiger partial charge in [0.1, 0.15) is 5.82 Å². The third kappa shape index (κ3) is 5.05. The molecule has 0 spiro atoms. The van der Waals surface area contributed by atoms with Crippen LogP contribution < -0.4 is 0 Å². The highest BCUT2D eigenvalue weighted by atomic mass is 19.1. The highest BCUT2D eigenvalue weighted by Gasteiger charge is 2.26. The van der Waals surface area contributed by atoms with E-state index in [-0.39, 0.29) is 23.3 Å². The lowest BCUT2D eigenvalue weighted by Crippen LogP contribution is -2.38. The SMILES string of the molecule is O=C(CC(c1ccccc1)c1ccccc1)N1CCCN(C(=O)c2ccccc2F)CC1.